The van der Waals surface area contributed by atoms with E-state index in [1.165, 1.54) is 0 Å². The number of aliphatic hydroxyl groups is 1. The maximum Gasteiger partial charge on any atom is 0.155 e. The van der Waals surface area contributed by atoms with Crippen LogP contribution in [0.2, 0.25) is 0 Å². The molecule has 92 valence electrons. The van der Waals surface area contributed by atoms with Gasteiger partial charge in [0, 0.05) is 6.20 Å². The number of hydrogen-bond acceptors (Lipinski definition) is 4. The molecule has 3 N–H and O–H groups in total. The summed E-state index contributed by atoms with van der Waals surface area (Å²) in [5, 5.41) is 8.95. The molecule has 0 bridgehead atoms. The van der Waals surface area contributed by atoms with Gasteiger partial charge in [0.1, 0.15) is 10.7 Å². The first-order valence-electron chi connectivity index (χ1n) is 5.32. The van der Waals surface area contributed by atoms with E-state index in [1.54, 1.807) is 42.7 Å². The number of nitrogens with two attached hydrogens (primary N) is 1. The average molecular weight is 260 g/mol. The van der Waals surface area contributed by atoms with Crippen LogP contribution in [0.25, 0.3) is 0 Å². The van der Waals surface area contributed by atoms with Crippen LogP contribution in [-0.4, -0.2) is 15.1 Å². The minimum absolute atomic E-state index is 0.00527. The highest BCUT2D eigenvalue weighted by Crippen LogP contribution is 2.24. The molecule has 0 saturated carbocycles. The predicted molar refractivity (Wildman–Crippen MR) is 72.6 cm³/mol. The lowest BCUT2D eigenvalue weighted by Crippen LogP contribution is -2.10. The number of nitrogens with zero attached hydrogens (tertiary/aromatic N) is 1. The Kier molecular flexibility index (Phi) is 3.86. The Balaban J connectivity index is 2.25. The number of benzene rings is 1. The topological polar surface area (TPSA) is 68.4 Å². The van der Waals surface area contributed by atoms with Gasteiger partial charge >= 0.3 is 0 Å². The molecule has 4 nitrogen and oxygen atoms in total. The summed E-state index contributed by atoms with van der Waals surface area (Å²) < 4.78 is 5.66. The van der Waals surface area contributed by atoms with Gasteiger partial charge in [-0.05, 0) is 23.8 Å². The van der Waals surface area contributed by atoms with Crippen molar-refractivity contribution >= 4 is 17.2 Å². The summed E-state index contributed by atoms with van der Waals surface area (Å²) in [4.78, 5) is 4.24. The standard InChI is InChI=1S/C13H12N2O2S/c14-13(18)11-5-6-15-7-12(11)17-10-3-1-9(8-16)2-4-10/h1-7,16H,8H2,(H2,14,18). The number of ether oxygens (including phenoxy) is 1. The van der Waals surface area contributed by atoms with Crippen LogP contribution in [0.15, 0.2) is 42.7 Å². The summed E-state index contributed by atoms with van der Waals surface area (Å²) in [7, 11) is 0. The molecule has 0 atom stereocenters. The molecule has 2 aromatic rings. The van der Waals surface area contributed by atoms with Gasteiger partial charge in [-0.25, -0.2) is 0 Å². The maximum absolute atomic E-state index is 8.95. The summed E-state index contributed by atoms with van der Waals surface area (Å²) in [6, 6.07) is 8.81. The van der Waals surface area contributed by atoms with Crippen molar-refractivity contribution in [1.82, 2.24) is 4.98 Å². The lowest BCUT2D eigenvalue weighted by atomic mass is 10.2. The van der Waals surface area contributed by atoms with Crippen LogP contribution in [0.1, 0.15) is 11.1 Å². The van der Waals surface area contributed by atoms with Gasteiger partial charge in [-0.1, -0.05) is 24.4 Å². The molecular weight excluding hydrogens is 248 g/mol. The van der Waals surface area contributed by atoms with E-state index >= 15 is 0 Å². The first-order chi connectivity index (χ1) is 8.70. The molecule has 18 heavy (non-hydrogen) atoms. The Morgan fingerprint density at radius 1 is 1.28 bits per heavy atom. The van der Waals surface area contributed by atoms with Gasteiger partial charge in [-0.3, -0.25) is 4.98 Å². The van der Waals surface area contributed by atoms with Crippen molar-refractivity contribution in [3.63, 3.8) is 0 Å². The molecule has 5 heteroatoms. The highest BCUT2D eigenvalue weighted by molar-refractivity contribution is 7.80. The zero-order valence-corrected chi connectivity index (χ0v) is 10.4. The number of hydrogen-bond donors (Lipinski definition) is 2. The molecule has 0 unspecified atom stereocenters. The third-order valence-electron chi connectivity index (χ3n) is 2.38. The molecule has 2 rings (SSSR count). The van der Waals surface area contributed by atoms with Gasteiger partial charge in [-0.15, -0.1) is 0 Å². The van der Waals surface area contributed by atoms with E-state index in [1.807, 2.05) is 0 Å². The highest BCUT2D eigenvalue weighted by Gasteiger charge is 2.07. The molecule has 0 spiro atoms. The van der Waals surface area contributed by atoms with E-state index in [-0.39, 0.29) is 11.6 Å². The van der Waals surface area contributed by atoms with Crippen LogP contribution in [0.3, 0.4) is 0 Å². The maximum atomic E-state index is 8.95. The van der Waals surface area contributed by atoms with E-state index in [9.17, 15) is 0 Å². The lowest BCUT2D eigenvalue weighted by molar-refractivity contribution is 0.281. The fourth-order valence-electron chi connectivity index (χ4n) is 1.45. The second-order valence-electron chi connectivity index (χ2n) is 3.64. The van der Waals surface area contributed by atoms with Crippen molar-refractivity contribution in [2.75, 3.05) is 0 Å². The molecule has 1 aromatic carbocycles. The van der Waals surface area contributed by atoms with Gasteiger partial charge in [0.25, 0.3) is 0 Å². The van der Waals surface area contributed by atoms with Crippen molar-refractivity contribution in [3.8, 4) is 11.5 Å². The fraction of sp³-hybridized carbons (Fsp3) is 0.0769. The van der Waals surface area contributed by atoms with Crippen molar-refractivity contribution in [3.05, 3.63) is 53.9 Å². The third kappa shape index (κ3) is 2.82. The number of rotatable bonds is 4. The van der Waals surface area contributed by atoms with Gasteiger partial charge in [-0.2, -0.15) is 0 Å². The number of aliphatic hydroxyl groups excluding tert-OH is 1. The lowest BCUT2D eigenvalue weighted by Gasteiger charge is -2.09. The minimum Gasteiger partial charge on any atom is -0.455 e. The Bertz CT molecular complexity index is 555. The first-order valence-corrected chi connectivity index (χ1v) is 5.73. The van der Waals surface area contributed by atoms with E-state index in [0.29, 0.717) is 17.1 Å². The molecule has 1 aromatic heterocycles. The molecule has 0 aliphatic rings. The van der Waals surface area contributed by atoms with Crippen LogP contribution in [0.5, 0.6) is 11.5 Å². The molecule has 0 saturated heterocycles. The fourth-order valence-corrected chi connectivity index (χ4v) is 1.62. The quantitative estimate of drug-likeness (QED) is 0.823. The summed E-state index contributed by atoms with van der Waals surface area (Å²) in [5.41, 5.74) is 7.07. The SMILES string of the molecule is NC(=S)c1ccncc1Oc1ccc(CO)cc1. The van der Waals surface area contributed by atoms with Gasteiger partial charge in [0.2, 0.25) is 0 Å². The summed E-state index contributed by atoms with van der Waals surface area (Å²) >= 11 is 4.94. The summed E-state index contributed by atoms with van der Waals surface area (Å²) in [6.45, 7) is 0.00527. The second kappa shape index (κ2) is 5.57. The molecule has 0 radical (unpaired) electrons. The zero-order valence-electron chi connectivity index (χ0n) is 9.54. The molecule has 0 aliphatic carbocycles. The van der Waals surface area contributed by atoms with Crippen molar-refractivity contribution in [2.45, 2.75) is 6.61 Å². The van der Waals surface area contributed by atoms with Gasteiger partial charge < -0.3 is 15.6 Å². The Morgan fingerprint density at radius 3 is 2.61 bits per heavy atom. The number of aromatic nitrogens is 1. The largest absolute Gasteiger partial charge is 0.455 e. The zero-order chi connectivity index (χ0) is 13.0. The first kappa shape index (κ1) is 12.5. The normalized spacial score (nSPS) is 10.1. The van der Waals surface area contributed by atoms with Crippen molar-refractivity contribution in [1.29, 1.82) is 0 Å². The summed E-state index contributed by atoms with van der Waals surface area (Å²) in [6.07, 6.45) is 3.17. The Morgan fingerprint density at radius 2 is 2.00 bits per heavy atom. The van der Waals surface area contributed by atoms with E-state index in [4.69, 9.17) is 27.8 Å². The molecular formula is C13H12N2O2S. The third-order valence-corrected chi connectivity index (χ3v) is 2.60. The second-order valence-corrected chi connectivity index (χ2v) is 4.08. The molecule has 1 heterocycles. The van der Waals surface area contributed by atoms with Crippen molar-refractivity contribution in [2.24, 2.45) is 5.73 Å². The number of thiocarbonyl (C=S) groups is 1. The van der Waals surface area contributed by atoms with E-state index in [2.05, 4.69) is 4.98 Å². The molecule has 0 aliphatic heterocycles. The van der Waals surface area contributed by atoms with Gasteiger partial charge in [0.05, 0.1) is 18.4 Å². The monoisotopic (exact) mass is 260 g/mol. The Labute approximate surface area is 110 Å². The molecule has 0 fully saturated rings. The van der Waals surface area contributed by atoms with Crippen LogP contribution in [0.4, 0.5) is 0 Å². The minimum atomic E-state index is 0.00527. The smallest absolute Gasteiger partial charge is 0.155 e. The molecule has 0 amide bonds. The predicted octanol–water partition coefficient (Wildman–Crippen LogP) is 2.00. The van der Waals surface area contributed by atoms with Crippen molar-refractivity contribution < 1.29 is 9.84 Å². The summed E-state index contributed by atoms with van der Waals surface area (Å²) in [5.74, 6) is 1.15. The average Bonchev–Trinajstić information content (AvgIpc) is 2.40. The van der Waals surface area contributed by atoms with E-state index < -0.39 is 0 Å². The van der Waals surface area contributed by atoms with Crippen LogP contribution in [-0.2, 0) is 6.61 Å². The Hall–Kier alpha value is -1.98. The van der Waals surface area contributed by atoms with Crippen LogP contribution >= 0.6 is 12.2 Å². The highest BCUT2D eigenvalue weighted by atomic mass is 32.1. The number of pyridine rings is 1. The van der Waals surface area contributed by atoms with Crippen LogP contribution < -0.4 is 10.5 Å². The van der Waals surface area contributed by atoms with Gasteiger partial charge in [0.15, 0.2) is 5.75 Å². The van der Waals surface area contributed by atoms with E-state index in [0.717, 1.165) is 5.56 Å². The van der Waals surface area contributed by atoms with Crippen LogP contribution in [0, 0.1) is 0 Å².